The minimum Gasteiger partial charge on any atom is -0.497 e. The Morgan fingerprint density at radius 1 is 1.09 bits per heavy atom. The van der Waals surface area contributed by atoms with E-state index in [2.05, 4.69) is 0 Å². The van der Waals surface area contributed by atoms with Gasteiger partial charge in [0.25, 0.3) is 0 Å². The molecule has 0 bridgehead atoms. The van der Waals surface area contributed by atoms with Gasteiger partial charge in [0.05, 0.1) is 26.4 Å². The van der Waals surface area contributed by atoms with Crippen molar-refractivity contribution >= 4 is 11.9 Å². The van der Waals surface area contributed by atoms with Crippen LogP contribution in [-0.2, 0) is 6.61 Å². The molecule has 0 aliphatic carbocycles. The van der Waals surface area contributed by atoms with Crippen molar-refractivity contribution in [3.63, 3.8) is 0 Å². The van der Waals surface area contributed by atoms with Crippen molar-refractivity contribution in [2.75, 3.05) is 14.2 Å². The van der Waals surface area contributed by atoms with Crippen molar-refractivity contribution in [1.82, 2.24) is 0 Å². The molecule has 0 radical (unpaired) electrons. The van der Waals surface area contributed by atoms with Crippen LogP contribution < -0.4 is 9.47 Å². The second kappa shape index (κ2) is 7.43. The third-order valence-corrected chi connectivity index (χ3v) is 3.26. The van der Waals surface area contributed by atoms with Crippen LogP contribution in [-0.4, -0.2) is 25.1 Å². The molecule has 2 rings (SSSR count). The van der Waals surface area contributed by atoms with E-state index in [1.165, 1.54) is 13.2 Å². The van der Waals surface area contributed by atoms with Crippen LogP contribution in [0.5, 0.6) is 11.5 Å². The summed E-state index contributed by atoms with van der Waals surface area (Å²) in [6.07, 6.45) is 3.24. The minimum absolute atomic E-state index is 0.0908. The maximum absolute atomic E-state index is 12.3. The Hall–Kier alpha value is -2.59. The van der Waals surface area contributed by atoms with Gasteiger partial charge < -0.3 is 14.6 Å². The van der Waals surface area contributed by atoms with Gasteiger partial charge in [-0.1, -0.05) is 24.3 Å². The molecule has 0 unspecified atom stereocenters. The number of aliphatic hydroxyl groups is 1. The van der Waals surface area contributed by atoms with Crippen LogP contribution in [0.15, 0.2) is 48.5 Å². The Morgan fingerprint density at radius 3 is 2.41 bits per heavy atom. The van der Waals surface area contributed by atoms with E-state index in [1.54, 1.807) is 31.4 Å². The normalized spacial score (nSPS) is 10.7. The van der Waals surface area contributed by atoms with Gasteiger partial charge in [-0.25, -0.2) is 0 Å². The zero-order valence-electron chi connectivity index (χ0n) is 12.6. The number of rotatable bonds is 6. The highest BCUT2D eigenvalue weighted by Gasteiger charge is 2.10. The van der Waals surface area contributed by atoms with E-state index in [0.29, 0.717) is 16.9 Å². The first-order valence-electron chi connectivity index (χ1n) is 6.82. The molecule has 22 heavy (non-hydrogen) atoms. The van der Waals surface area contributed by atoms with Gasteiger partial charge in [0.1, 0.15) is 11.5 Å². The molecule has 1 N–H and O–H groups in total. The van der Waals surface area contributed by atoms with Crippen molar-refractivity contribution in [2.45, 2.75) is 6.61 Å². The Bertz CT molecular complexity index is 672. The molecule has 0 atom stereocenters. The second-order valence-electron chi connectivity index (χ2n) is 4.66. The number of ketones is 1. The number of hydrogen-bond acceptors (Lipinski definition) is 4. The monoisotopic (exact) mass is 298 g/mol. The number of carbonyl (C=O) groups excluding carboxylic acids is 1. The highest BCUT2D eigenvalue weighted by atomic mass is 16.5. The topological polar surface area (TPSA) is 55.8 Å². The number of aliphatic hydroxyl groups excluding tert-OH is 1. The predicted molar refractivity (Wildman–Crippen MR) is 85.3 cm³/mol. The first-order valence-corrected chi connectivity index (χ1v) is 6.82. The number of hydrogen-bond donors (Lipinski definition) is 1. The van der Waals surface area contributed by atoms with E-state index in [4.69, 9.17) is 14.6 Å². The summed E-state index contributed by atoms with van der Waals surface area (Å²) < 4.78 is 10.3. The number of allylic oxidation sites excluding steroid dienone is 1. The fraction of sp³-hybridized carbons (Fsp3) is 0.167. The first-order chi connectivity index (χ1) is 10.7. The zero-order chi connectivity index (χ0) is 15.9. The molecule has 0 saturated heterocycles. The van der Waals surface area contributed by atoms with Crippen LogP contribution in [0.25, 0.3) is 6.08 Å². The molecule has 2 aromatic rings. The zero-order valence-corrected chi connectivity index (χ0v) is 12.6. The highest BCUT2D eigenvalue weighted by Crippen LogP contribution is 2.22. The van der Waals surface area contributed by atoms with E-state index in [9.17, 15) is 4.79 Å². The van der Waals surface area contributed by atoms with E-state index >= 15 is 0 Å². The molecule has 0 aliphatic heterocycles. The summed E-state index contributed by atoms with van der Waals surface area (Å²) in [7, 11) is 3.11. The average molecular weight is 298 g/mol. The van der Waals surface area contributed by atoms with Crippen LogP contribution >= 0.6 is 0 Å². The summed E-state index contributed by atoms with van der Waals surface area (Å²) in [4.78, 5) is 12.3. The van der Waals surface area contributed by atoms with Crippen molar-refractivity contribution in [3.05, 3.63) is 65.2 Å². The molecule has 0 aromatic heterocycles. The third-order valence-electron chi connectivity index (χ3n) is 3.26. The summed E-state index contributed by atoms with van der Waals surface area (Å²) in [6.45, 7) is -0.0908. The summed E-state index contributed by atoms with van der Waals surface area (Å²) in [5, 5.41) is 9.12. The molecule has 0 amide bonds. The Kier molecular flexibility index (Phi) is 5.33. The van der Waals surface area contributed by atoms with Crippen LogP contribution in [0.3, 0.4) is 0 Å². The van der Waals surface area contributed by atoms with Crippen molar-refractivity contribution < 1.29 is 19.4 Å². The van der Waals surface area contributed by atoms with Crippen LogP contribution in [0.2, 0.25) is 0 Å². The number of ether oxygens (including phenoxy) is 2. The molecule has 0 saturated carbocycles. The summed E-state index contributed by atoms with van der Waals surface area (Å²) >= 11 is 0. The molecule has 0 spiro atoms. The van der Waals surface area contributed by atoms with Crippen molar-refractivity contribution in [3.8, 4) is 11.5 Å². The first kappa shape index (κ1) is 15.8. The smallest absolute Gasteiger partial charge is 0.189 e. The number of methoxy groups -OCH3 is 2. The fourth-order valence-electron chi connectivity index (χ4n) is 2.01. The van der Waals surface area contributed by atoms with Gasteiger partial charge >= 0.3 is 0 Å². The number of carbonyl (C=O) groups is 1. The van der Waals surface area contributed by atoms with Crippen LogP contribution in [0.1, 0.15) is 21.5 Å². The minimum atomic E-state index is -0.155. The maximum atomic E-state index is 12.3. The van der Waals surface area contributed by atoms with Crippen molar-refractivity contribution in [2.24, 2.45) is 0 Å². The maximum Gasteiger partial charge on any atom is 0.189 e. The molecule has 114 valence electrons. The average Bonchev–Trinajstić information content (AvgIpc) is 2.59. The van der Waals surface area contributed by atoms with Gasteiger partial charge in [-0.2, -0.15) is 0 Å². The largest absolute Gasteiger partial charge is 0.497 e. The fourth-order valence-corrected chi connectivity index (χ4v) is 2.01. The molecule has 2 aromatic carbocycles. The molecule has 0 heterocycles. The lowest BCUT2D eigenvalue weighted by Crippen LogP contribution is -2.00. The highest BCUT2D eigenvalue weighted by molar-refractivity contribution is 6.08. The molecular formula is C18H18O4. The van der Waals surface area contributed by atoms with E-state index in [-0.39, 0.29) is 12.4 Å². The van der Waals surface area contributed by atoms with Crippen molar-refractivity contribution in [1.29, 1.82) is 0 Å². The summed E-state index contributed by atoms with van der Waals surface area (Å²) in [5.74, 6) is 1.07. The van der Waals surface area contributed by atoms with Gasteiger partial charge in [-0.05, 0) is 41.5 Å². The Morgan fingerprint density at radius 2 is 1.82 bits per heavy atom. The molecule has 4 heteroatoms. The second-order valence-corrected chi connectivity index (χ2v) is 4.66. The molecule has 0 fully saturated rings. The molecule has 0 aliphatic rings. The van der Waals surface area contributed by atoms with Crippen LogP contribution in [0.4, 0.5) is 0 Å². The van der Waals surface area contributed by atoms with Gasteiger partial charge in [0.15, 0.2) is 5.78 Å². The lowest BCUT2D eigenvalue weighted by Gasteiger charge is -2.07. The standard InChI is InChI=1S/C18H18O4/c1-21-15-7-3-13(4-8-15)6-10-17(20)16-9-5-14(12-19)11-18(16)22-2/h3-11,19H,12H2,1-2H3/b10-6+. The third kappa shape index (κ3) is 3.74. The Labute approximate surface area is 129 Å². The van der Waals surface area contributed by atoms with E-state index < -0.39 is 0 Å². The van der Waals surface area contributed by atoms with Gasteiger partial charge in [0, 0.05) is 0 Å². The summed E-state index contributed by atoms with van der Waals surface area (Å²) in [6, 6.07) is 12.4. The van der Waals surface area contributed by atoms with Crippen LogP contribution in [0, 0.1) is 0 Å². The quantitative estimate of drug-likeness (QED) is 0.657. The van der Waals surface area contributed by atoms with Gasteiger partial charge in [0.2, 0.25) is 0 Å². The number of benzene rings is 2. The SMILES string of the molecule is COc1ccc(/C=C/C(=O)c2ccc(CO)cc2OC)cc1. The predicted octanol–water partition coefficient (Wildman–Crippen LogP) is 3.09. The van der Waals surface area contributed by atoms with Gasteiger partial charge in [-0.3, -0.25) is 4.79 Å². The molecular weight excluding hydrogens is 280 g/mol. The summed E-state index contributed by atoms with van der Waals surface area (Å²) in [5.41, 5.74) is 2.07. The van der Waals surface area contributed by atoms with E-state index in [0.717, 1.165) is 11.3 Å². The van der Waals surface area contributed by atoms with Gasteiger partial charge in [-0.15, -0.1) is 0 Å². The lowest BCUT2D eigenvalue weighted by atomic mass is 10.1. The molecule has 4 nitrogen and oxygen atoms in total. The van der Waals surface area contributed by atoms with E-state index in [1.807, 2.05) is 24.3 Å². The lowest BCUT2D eigenvalue weighted by molar-refractivity contribution is 0.104. The Balaban J connectivity index is 2.18.